The van der Waals surface area contributed by atoms with Crippen molar-refractivity contribution >= 4 is 29.3 Å². The second kappa shape index (κ2) is 7.96. The Balaban J connectivity index is 1.52. The molecule has 2 aromatic rings. The minimum atomic E-state index is -0.372. The van der Waals surface area contributed by atoms with Gasteiger partial charge in [-0.25, -0.2) is 0 Å². The number of para-hydroxylation sites is 1. The first-order valence-corrected chi connectivity index (χ1v) is 9.70. The van der Waals surface area contributed by atoms with Crippen LogP contribution in [0.5, 0.6) is 0 Å². The molecule has 0 radical (unpaired) electrons. The summed E-state index contributed by atoms with van der Waals surface area (Å²) >= 11 is 1.44. The van der Waals surface area contributed by atoms with Gasteiger partial charge < -0.3 is 9.64 Å². The van der Waals surface area contributed by atoms with E-state index >= 15 is 0 Å². The molecule has 0 aromatic heterocycles. The highest BCUT2D eigenvalue weighted by molar-refractivity contribution is 8.00. The number of fused-ring (bicyclic) bond motifs is 1. The number of amides is 1. The van der Waals surface area contributed by atoms with Gasteiger partial charge in [-0.05, 0) is 50.5 Å². The Morgan fingerprint density at radius 1 is 1.19 bits per heavy atom. The summed E-state index contributed by atoms with van der Waals surface area (Å²) < 4.78 is 5.21. The predicted molar refractivity (Wildman–Crippen MR) is 105 cm³/mol. The van der Waals surface area contributed by atoms with Crippen LogP contribution in [0.25, 0.3) is 0 Å². The first-order valence-electron chi connectivity index (χ1n) is 8.71. The van der Waals surface area contributed by atoms with Crippen LogP contribution in [0.2, 0.25) is 0 Å². The largest absolute Gasteiger partial charge is 0.455 e. The van der Waals surface area contributed by atoms with E-state index in [9.17, 15) is 9.59 Å². The SMILES string of the molecule is Cc1ccc(SCC(=O)OCC(=O)N2c3ccccc3C[C@@H]2C)c(C)c1. The van der Waals surface area contributed by atoms with Gasteiger partial charge in [0.25, 0.3) is 5.91 Å². The molecule has 0 saturated heterocycles. The summed E-state index contributed by atoms with van der Waals surface area (Å²) in [7, 11) is 0. The maximum absolute atomic E-state index is 12.5. The number of rotatable bonds is 5. The zero-order chi connectivity index (χ0) is 18.7. The lowest BCUT2D eigenvalue weighted by molar-refractivity contribution is -0.145. The number of carbonyl (C=O) groups is 2. The zero-order valence-electron chi connectivity index (χ0n) is 15.3. The van der Waals surface area contributed by atoms with Gasteiger partial charge in [-0.2, -0.15) is 0 Å². The number of ether oxygens (including phenoxy) is 1. The van der Waals surface area contributed by atoms with Gasteiger partial charge in [-0.15, -0.1) is 11.8 Å². The number of nitrogens with zero attached hydrogens (tertiary/aromatic N) is 1. The summed E-state index contributed by atoms with van der Waals surface area (Å²) in [5.74, 6) is -0.348. The molecule has 3 rings (SSSR count). The number of thioether (sulfide) groups is 1. The summed E-state index contributed by atoms with van der Waals surface area (Å²) in [6.45, 7) is 5.86. The van der Waals surface area contributed by atoms with Crippen molar-refractivity contribution in [3.63, 3.8) is 0 Å². The molecule has 5 heteroatoms. The summed E-state index contributed by atoms with van der Waals surface area (Å²) in [4.78, 5) is 27.4. The van der Waals surface area contributed by atoms with Crippen LogP contribution in [-0.2, 0) is 20.7 Å². The molecule has 1 aliphatic heterocycles. The van der Waals surface area contributed by atoms with E-state index in [0.29, 0.717) is 0 Å². The minimum Gasteiger partial charge on any atom is -0.455 e. The number of carbonyl (C=O) groups excluding carboxylic acids is 2. The van der Waals surface area contributed by atoms with Crippen LogP contribution in [0.4, 0.5) is 5.69 Å². The van der Waals surface area contributed by atoms with Gasteiger partial charge in [0, 0.05) is 16.6 Å². The Bertz CT molecular complexity index is 834. The molecule has 1 amide bonds. The summed E-state index contributed by atoms with van der Waals surface area (Å²) in [5.41, 5.74) is 4.41. The Kier molecular flexibility index (Phi) is 5.67. The van der Waals surface area contributed by atoms with Gasteiger partial charge >= 0.3 is 5.97 Å². The van der Waals surface area contributed by atoms with Crippen molar-refractivity contribution in [2.75, 3.05) is 17.3 Å². The quantitative estimate of drug-likeness (QED) is 0.592. The van der Waals surface area contributed by atoms with Crippen LogP contribution in [0, 0.1) is 13.8 Å². The van der Waals surface area contributed by atoms with E-state index in [-0.39, 0.29) is 30.3 Å². The molecule has 136 valence electrons. The fourth-order valence-electron chi connectivity index (χ4n) is 3.30. The first-order chi connectivity index (χ1) is 12.5. The molecular formula is C21H23NO3S. The lowest BCUT2D eigenvalue weighted by Crippen LogP contribution is -2.38. The molecule has 0 fully saturated rings. The standard InChI is InChI=1S/C21H23NO3S/c1-14-8-9-19(15(2)10-14)26-13-21(24)25-12-20(23)22-16(3)11-17-6-4-5-7-18(17)22/h4-10,16H,11-13H2,1-3H3/t16-/m0/s1. The summed E-state index contributed by atoms with van der Waals surface area (Å²) in [6, 6.07) is 14.1. The third-order valence-corrected chi connectivity index (χ3v) is 5.66. The molecule has 0 unspecified atom stereocenters. The highest BCUT2D eigenvalue weighted by Crippen LogP contribution is 2.31. The third-order valence-electron chi connectivity index (χ3n) is 4.51. The molecule has 0 N–H and O–H groups in total. The fourth-order valence-corrected chi connectivity index (χ4v) is 4.10. The summed E-state index contributed by atoms with van der Waals surface area (Å²) in [6.07, 6.45) is 0.832. The maximum atomic E-state index is 12.5. The Labute approximate surface area is 158 Å². The van der Waals surface area contributed by atoms with Crippen LogP contribution in [0.1, 0.15) is 23.6 Å². The molecular weight excluding hydrogens is 346 g/mol. The molecule has 0 saturated carbocycles. The van der Waals surface area contributed by atoms with Crippen molar-refractivity contribution < 1.29 is 14.3 Å². The van der Waals surface area contributed by atoms with E-state index in [1.54, 1.807) is 4.90 Å². The molecule has 0 spiro atoms. The highest BCUT2D eigenvalue weighted by Gasteiger charge is 2.30. The molecule has 26 heavy (non-hydrogen) atoms. The van der Waals surface area contributed by atoms with Gasteiger partial charge in [0.05, 0.1) is 5.75 Å². The zero-order valence-corrected chi connectivity index (χ0v) is 16.1. The van der Waals surface area contributed by atoms with E-state index in [0.717, 1.165) is 28.1 Å². The lowest BCUT2D eigenvalue weighted by Gasteiger charge is -2.22. The van der Waals surface area contributed by atoms with E-state index in [1.165, 1.54) is 17.3 Å². The Hall–Kier alpha value is -2.27. The smallest absolute Gasteiger partial charge is 0.316 e. The minimum absolute atomic E-state index is 0.0863. The predicted octanol–water partition coefficient (Wildman–Crippen LogP) is 3.92. The average molecular weight is 369 g/mol. The van der Waals surface area contributed by atoms with Crippen LogP contribution in [-0.4, -0.2) is 30.3 Å². The average Bonchev–Trinajstić information content (AvgIpc) is 2.94. The number of hydrogen-bond acceptors (Lipinski definition) is 4. The number of aryl methyl sites for hydroxylation is 2. The van der Waals surface area contributed by atoms with E-state index < -0.39 is 0 Å². The number of hydrogen-bond donors (Lipinski definition) is 0. The van der Waals surface area contributed by atoms with Crippen molar-refractivity contribution in [3.05, 3.63) is 59.2 Å². The van der Waals surface area contributed by atoms with Gasteiger partial charge in [0.1, 0.15) is 0 Å². The first kappa shape index (κ1) is 18.5. The second-order valence-corrected chi connectivity index (χ2v) is 7.68. The third kappa shape index (κ3) is 4.10. The van der Waals surface area contributed by atoms with E-state index in [1.807, 2.05) is 57.2 Å². The normalized spacial score (nSPS) is 15.7. The highest BCUT2D eigenvalue weighted by atomic mass is 32.2. The van der Waals surface area contributed by atoms with Crippen molar-refractivity contribution in [1.82, 2.24) is 0 Å². The maximum Gasteiger partial charge on any atom is 0.316 e. The molecule has 2 aromatic carbocycles. The number of benzene rings is 2. The van der Waals surface area contributed by atoms with Gasteiger partial charge in [0.15, 0.2) is 6.61 Å². The Morgan fingerprint density at radius 3 is 2.73 bits per heavy atom. The molecule has 1 aliphatic rings. The molecule has 4 nitrogen and oxygen atoms in total. The van der Waals surface area contributed by atoms with Gasteiger partial charge in [0.2, 0.25) is 0 Å². The summed E-state index contributed by atoms with van der Waals surface area (Å²) in [5, 5.41) is 0. The van der Waals surface area contributed by atoms with Crippen molar-refractivity contribution in [1.29, 1.82) is 0 Å². The van der Waals surface area contributed by atoms with E-state index in [4.69, 9.17) is 4.74 Å². The topological polar surface area (TPSA) is 46.6 Å². The van der Waals surface area contributed by atoms with Gasteiger partial charge in [-0.1, -0.05) is 35.9 Å². The van der Waals surface area contributed by atoms with Crippen molar-refractivity contribution in [2.24, 2.45) is 0 Å². The molecule has 0 aliphatic carbocycles. The number of esters is 1. The fraction of sp³-hybridized carbons (Fsp3) is 0.333. The second-order valence-electron chi connectivity index (χ2n) is 6.66. The molecule has 1 heterocycles. The number of anilines is 1. The van der Waals surface area contributed by atoms with Crippen LogP contribution in [0.15, 0.2) is 47.4 Å². The van der Waals surface area contributed by atoms with Crippen molar-refractivity contribution in [2.45, 2.75) is 38.1 Å². The van der Waals surface area contributed by atoms with E-state index in [2.05, 4.69) is 6.07 Å². The van der Waals surface area contributed by atoms with Crippen LogP contribution < -0.4 is 4.90 Å². The van der Waals surface area contributed by atoms with Crippen LogP contribution in [0.3, 0.4) is 0 Å². The van der Waals surface area contributed by atoms with Crippen molar-refractivity contribution in [3.8, 4) is 0 Å². The van der Waals surface area contributed by atoms with Gasteiger partial charge in [-0.3, -0.25) is 9.59 Å². The monoisotopic (exact) mass is 369 g/mol. The lowest BCUT2D eigenvalue weighted by atomic mass is 10.1. The Morgan fingerprint density at radius 2 is 1.96 bits per heavy atom. The molecule has 0 bridgehead atoms. The molecule has 1 atom stereocenters. The van der Waals surface area contributed by atoms with Crippen LogP contribution >= 0.6 is 11.8 Å².